The summed E-state index contributed by atoms with van der Waals surface area (Å²) < 4.78 is 6.28. The number of ether oxygens (including phenoxy) is 1. The molecular weight excluding hydrogens is 334 g/mol. The van der Waals surface area contributed by atoms with Crippen LogP contribution in [0.3, 0.4) is 0 Å². The molecule has 2 saturated carbocycles. The molecule has 2 N–H and O–H groups in total. The van der Waals surface area contributed by atoms with Crippen molar-refractivity contribution < 1.29 is 9.53 Å². The molecule has 4 atom stereocenters. The lowest BCUT2D eigenvalue weighted by Crippen LogP contribution is -2.48. The minimum Gasteiger partial charge on any atom is -0.376 e. The first-order valence-electron chi connectivity index (χ1n) is 9.69. The van der Waals surface area contributed by atoms with Gasteiger partial charge in [0, 0.05) is 25.7 Å². The van der Waals surface area contributed by atoms with Crippen LogP contribution >= 0.6 is 0 Å². The van der Waals surface area contributed by atoms with E-state index in [0.717, 1.165) is 38.5 Å². The van der Waals surface area contributed by atoms with E-state index < -0.39 is 0 Å². The van der Waals surface area contributed by atoms with Crippen molar-refractivity contribution in [1.82, 2.24) is 25.0 Å². The summed E-state index contributed by atoms with van der Waals surface area (Å²) >= 11 is 0. The molecule has 26 heavy (non-hydrogen) atoms. The topological polar surface area (TPSA) is 94.3 Å². The van der Waals surface area contributed by atoms with Gasteiger partial charge in [-0.2, -0.15) is 5.10 Å². The normalized spacial score (nSPS) is 31.4. The maximum Gasteiger partial charge on any atom is 0.340 e. The summed E-state index contributed by atoms with van der Waals surface area (Å²) in [6.07, 6.45) is 5.15. The number of H-pyrrole nitrogens is 2. The highest BCUT2D eigenvalue weighted by atomic mass is 16.5. The highest BCUT2D eigenvalue weighted by Crippen LogP contribution is 2.40. The van der Waals surface area contributed by atoms with E-state index in [2.05, 4.69) is 34.2 Å². The molecule has 2 aliphatic carbocycles. The van der Waals surface area contributed by atoms with Crippen molar-refractivity contribution >= 4 is 5.91 Å². The van der Waals surface area contributed by atoms with Gasteiger partial charge in [-0.3, -0.25) is 9.78 Å². The van der Waals surface area contributed by atoms with Gasteiger partial charge in [-0.15, -0.1) is 0 Å². The number of aromatic amines is 2. The summed E-state index contributed by atoms with van der Waals surface area (Å²) in [7, 11) is 4.26. The smallest absolute Gasteiger partial charge is 0.340 e. The fourth-order valence-electron chi connectivity index (χ4n) is 4.50. The summed E-state index contributed by atoms with van der Waals surface area (Å²) in [5.74, 6) is 2.27. The van der Waals surface area contributed by atoms with E-state index in [9.17, 15) is 9.59 Å². The highest BCUT2D eigenvalue weighted by Gasteiger charge is 2.44. The number of rotatable bonds is 6. The average molecular weight is 363 g/mol. The number of likely N-dealkylation sites (tertiary alicyclic amines) is 1. The number of amides is 1. The van der Waals surface area contributed by atoms with Gasteiger partial charge in [0.05, 0.1) is 12.5 Å². The van der Waals surface area contributed by atoms with Crippen LogP contribution in [0.4, 0.5) is 0 Å². The van der Waals surface area contributed by atoms with E-state index >= 15 is 0 Å². The number of nitrogens with one attached hydrogen (secondary N) is 2. The number of hydrogen-bond donors (Lipinski definition) is 2. The van der Waals surface area contributed by atoms with Crippen LogP contribution in [0.5, 0.6) is 0 Å². The van der Waals surface area contributed by atoms with Crippen LogP contribution in [0.15, 0.2) is 4.79 Å². The first-order valence-corrected chi connectivity index (χ1v) is 9.69. The third-order valence-electron chi connectivity index (χ3n) is 6.21. The monoisotopic (exact) mass is 363 g/mol. The molecule has 0 spiro atoms. The zero-order valence-corrected chi connectivity index (χ0v) is 15.6. The van der Waals surface area contributed by atoms with Crippen molar-refractivity contribution in [3.8, 4) is 0 Å². The molecule has 3 aliphatic rings. The zero-order valence-electron chi connectivity index (χ0n) is 15.6. The van der Waals surface area contributed by atoms with Gasteiger partial charge in [-0.1, -0.05) is 0 Å². The molecule has 8 nitrogen and oxygen atoms in total. The number of hydrogen-bond acceptors (Lipinski definition) is 5. The molecule has 3 fully saturated rings. The van der Waals surface area contributed by atoms with Crippen molar-refractivity contribution in [2.45, 2.75) is 44.2 Å². The van der Waals surface area contributed by atoms with Gasteiger partial charge in [0.25, 0.3) is 0 Å². The second-order valence-electron chi connectivity index (χ2n) is 8.44. The minimum absolute atomic E-state index is 0.0407. The second-order valence-corrected chi connectivity index (χ2v) is 8.44. The number of carbonyl (C=O) groups is 1. The van der Waals surface area contributed by atoms with Crippen LogP contribution in [0.25, 0.3) is 0 Å². The molecule has 0 unspecified atom stereocenters. The molecule has 1 saturated heterocycles. The van der Waals surface area contributed by atoms with E-state index in [1.165, 1.54) is 12.8 Å². The fourth-order valence-corrected chi connectivity index (χ4v) is 4.50. The van der Waals surface area contributed by atoms with Crippen LogP contribution in [0, 0.1) is 17.8 Å². The molecule has 1 amide bonds. The Hall–Kier alpha value is -1.67. The third kappa shape index (κ3) is 3.86. The summed E-state index contributed by atoms with van der Waals surface area (Å²) in [4.78, 5) is 30.5. The van der Waals surface area contributed by atoms with Crippen LogP contribution in [0.2, 0.25) is 0 Å². The third-order valence-corrected chi connectivity index (χ3v) is 6.21. The predicted molar refractivity (Wildman–Crippen MR) is 95.6 cm³/mol. The van der Waals surface area contributed by atoms with Gasteiger partial charge in [0.1, 0.15) is 5.82 Å². The van der Waals surface area contributed by atoms with E-state index in [0.29, 0.717) is 23.7 Å². The van der Waals surface area contributed by atoms with Gasteiger partial charge in [-0.05, 0) is 57.5 Å². The van der Waals surface area contributed by atoms with Crippen LogP contribution in [-0.4, -0.2) is 76.8 Å². The molecule has 2 heterocycles. The van der Waals surface area contributed by atoms with Crippen molar-refractivity contribution in [2.75, 3.05) is 33.8 Å². The maximum atomic E-state index is 12.6. The van der Waals surface area contributed by atoms with Crippen molar-refractivity contribution in [1.29, 1.82) is 0 Å². The quantitative estimate of drug-likeness (QED) is 0.755. The minimum atomic E-state index is -0.368. The first kappa shape index (κ1) is 17.7. The largest absolute Gasteiger partial charge is 0.376 e. The van der Waals surface area contributed by atoms with E-state index in [4.69, 9.17) is 4.74 Å². The Morgan fingerprint density at radius 3 is 2.62 bits per heavy atom. The summed E-state index contributed by atoms with van der Waals surface area (Å²) in [6.45, 7) is 2.49. The maximum absolute atomic E-state index is 12.6. The number of likely N-dealkylation sites (N-methyl/N-ethyl adjacent to an activating group) is 1. The Kier molecular flexibility index (Phi) is 4.88. The highest BCUT2D eigenvalue weighted by molar-refractivity contribution is 5.78. The molecule has 1 aromatic rings. The molecule has 144 valence electrons. The Balaban J connectivity index is 1.37. The van der Waals surface area contributed by atoms with Gasteiger partial charge < -0.3 is 14.5 Å². The van der Waals surface area contributed by atoms with Gasteiger partial charge in [0.15, 0.2) is 0 Å². The van der Waals surface area contributed by atoms with Gasteiger partial charge in [0.2, 0.25) is 5.91 Å². The Morgan fingerprint density at radius 1 is 1.27 bits per heavy atom. The van der Waals surface area contributed by atoms with Crippen molar-refractivity contribution in [2.24, 2.45) is 17.8 Å². The zero-order chi connectivity index (χ0) is 18.3. The van der Waals surface area contributed by atoms with Gasteiger partial charge >= 0.3 is 5.69 Å². The molecule has 1 aromatic heterocycles. The Morgan fingerprint density at radius 2 is 2.00 bits per heavy atom. The van der Waals surface area contributed by atoms with E-state index in [1.807, 2.05) is 4.90 Å². The van der Waals surface area contributed by atoms with Crippen LogP contribution in [0.1, 0.15) is 31.5 Å². The first-order chi connectivity index (χ1) is 12.5. The Bertz CT molecular complexity index is 695. The summed E-state index contributed by atoms with van der Waals surface area (Å²) in [6, 6.07) is 0.424. The molecule has 0 bridgehead atoms. The van der Waals surface area contributed by atoms with Crippen LogP contribution in [-0.2, 0) is 16.0 Å². The predicted octanol–water partition coefficient (Wildman–Crippen LogP) is 0.234. The molecule has 0 radical (unpaired) electrons. The number of fused-ring (bicyclic) bond motifs is 1. The molecular formula is C18H29N5O3. The lowest BCUT2D eigenvalue weighted by atomic mass is 9.77. The van der Waals surface area contributed by atoms with Crippen molar-refractivity contribution in [3.63, 3.8) is 0 Å². The fraction of sp³-hybridized carbons (Fsp3) is 0.833. The number of carbonyl (C=O) groups excluding carboxylic acids is 1. The van der Waals surface area contributed by atoms with Gasteiger partial charge in [-0.25, -0.2) is 9.89 Å². The lowest BCUT2D eigenvalue weighted by molar-refractivity contribution is -0.129. The Labute approximate surface area is 153 Å². The standard InChI is InChI=1S/C18H29N5O3/c1-22(2)14-5-12-8-23(17(24)7-16-19-18(25)21-20-16)9-13(12)6-15(14)26-10-11-3-4-11/h11-15H,3-10H2,1-2H3,(H2,19,20,21,25)/t12-,13+,14-,15-/m1/s1. The van der Waals surface area contributed by atoms with E-state index in [-0.39, 0.29) is 24.1 Å². The van der Waals surface area contributed by atoms with Crippen LogP contribution < -0.4 is 5.69 Å². The summed E-state index contributed by atoms with van der Waals surface area (Å²) in [5, 5.41) is 6.16. The number of aromatic nitrogens is 3. The average Bonchev–Trinajstić information content (AvgIpc) is 3.20. The second kappa shape index (κ2) is 7.15. The SMILES string of the molecule is CN(C)[C@@H]1C[C@@H]2CN(C(=O)Cc3n[nH]c(=O)[nH]3)C[C@@H]2C[C@H]1OCC1CC1. The molecule has 4 rings (SSSR count). The summed E-state index contributed by atoms with van der Waals surface area (Å²) in [5.41, 5.74) is -0.368. The molecule has 0 aromatic carbocycles. The number of nitrogens with zero attached hydrogens (tertiary/aromatic N) is 3. The molecule has 1 aliphatic heterocycles. The lowest BCUT2D eigenvalue weighted by Gasteiger charge is -2.41. The van der Waals surface area contributed by atoms with E-state index in [1.54, 1.807) is 0 Å². The van der Waals surface area contributed by atoms with Crippen molar-refractivity contribution in [3.05, 3.63) is 16.3 Å². The molecule has 8 heteroatoms.